The highest BCUT2D eigenvalue weighted by molar-refractivity contribution is 6.36. The minimum Gasteiger partial charge on any atom is -0.480 e. The van der Waals surface area contributed by atoms with Gasteiger partial charge in [-0.2, -0.15) is 0 Å². The smallest absolute Gasteiger partial charge is 0.340 e. The highest BCUT2D eigenvalue weighted by atomic mass is 35.5. The summed E-state index contributed by atoms with van der Waals surface area (Å²) in [5.41, 5.74) is 7.79. The van der Waals surface area contributed by atoms with Gasteiger partial charge in [-0.1, -0.05) is 41.9 Å². The van der Waals surface area contributed by atoms with Gasteiger partial charge >= 0.3 is 11.9 Å². The van der Waals surface area contributed by atoms with Gasteiger partial charge in [0.05, 0.1) is 22.9 Å². The third-order valence-corrected chi connectivity index (χ3v) is 3.56. The Kier molecular flexibility index (Phi) is 6.17. The van der Waals surface area contributed by atoms with Crippen LogP contribution >= 0.6 is 11.6 Å². The zero-order chi connectivity index (χ0) is 17.5. The number of nitrogens with two attached hydrogens (primary N) is 1. The van der Waals surface area contributed by atoms with Gasteiger partial charge in [0.15, 0.2) is 0 Å². The molecule has 2 aromatic rings. The van der Waals surface area contributed by atoms with Crippen molar-refractivity contribution in [3.63, 3.8) is 0 Å². The first-order valence-electron chi connectivity index (χ1n) is 7.06. The molecule has 0 aromatic heterocycles. The molecule has 0 aliphatic heterocycles. The zero-order valence-corrected chi connectivity index (χ0v) is 13.5. The molecule has 0 amide bonds. The van der Waals surface area contributed by atoms with E-state index in [1.54, 1.807) is 42.5 Å². The average Bonchev–Trinajstić information content (AvgIpc) is 2.56. The lowest BCUT2D eigenvalue weighted by molar-refractivity contribution is -0.142. The Labute approximate surface area is 143 Å². The van der Waals surface area contributed by atoms with Crippen LogP contribution in [-0.4, -0.2) is 23.7 Å². The van der Waals surface area contributed by atoms with E-state index >= 15 is 0 Å². The van der Waals surface area contributed by atoms with Gasteiger partial charge in [-0.25, -0.2) is 9.59 Å². The molecule has 0 bridgehead atoms. The van der Waals surface area contributed by atoms with Crippen molar-refractivity contribution in [2.75, 3.05) is 12.3 Å². The summed E-state index contributed by atoms with van der Waals surface area (Å²) in [5.74, 6) is -1.57. The number of carbonyl (C=O) groups is 2. The van der Waals surface area contributed by atoms with Crippen LogP contribution in [0.3, 0.4) is 0 Å². The number of carbonyl (C=O) groups excluding carboxylic acids is 1. The number of anilines is 1. The van der Waals surface area contributed by atoms with Crippen molar-refractivity contribution in [3.8, 4) is 0 Å². The molecule has 3 N–H and O–H groups in total. The molecule has 0 aliphatic carbocycles. The quantitative estimate of drug-likeness (QED) is 0.589. The summed E-state index contributed by atoms with van der Waals surface area (Å²) in [6, 6.07) is 11.9. The maximum Gasteiger partial charge on any atom is 0.340 e. The summed E-state index contributed by atoms with van der Waals surface area (Å²) in [4.78, 5) is 22.4. The number of esters is 1. The number of hydrogen-bond donors (Lipinski definition) is 2. The van der Waals surface area contributed by atoms with Crippen LogP contribution in [0, 0.1) is 0 Å². The van der Waals surface area contributed by atoms with Gasteiger partial charge in [0.25, 0.3) is 0 Å². The molecule has 0 spiro atoms. The molecule has 0 aliphatic rings. The summed E-state index contributed by atoms with van der Waals surface area (Å²) in [7, 11) is 0. The second-order valence-electron chi connectivity index (χ2n) is 4.99. The maximum atomic E-state index is 12.0. The summed E-state index contributed by atoms with van der Waals surface area (Å²) in [5, 5.41) is 8.67. The highest BCUT2D eigenvalue weighted by Crippen LogP contribution is 2.24. The Morgan fingerprint density at radius 2 is 1.67 bits per heavy atom. The van der Waals surface area contributed by atoms with Gasteiger partial charge in [0.1, 0.15) is 13.2 Å². The molecule has 0 atom stereocenters. The predicted octanol–water partition coefficient (Wildman–Crippen LogP) is 2.88. The lowest BCUT2D eigenvalue weighted by Gasteiger charge is -2.08. The molecule has 7 heteroatoms. The van der Waals surface area contributed by atoms with Gasteiger partial charge in [-0.15, -0.1) is 0 Å². The summed E-state index contributed by atoms with van der Waals surface area (Å²) in [6.07, 6.45) is 0. The van der Waals surface area contributed by atoms with E-state index in [-0.39, 0.29) is 30.4 Å². The van der Waals surface area contributed by atoms with Crippen molar-refractivity contribution < 1.29 is 24.2 Å². The third kappa shape index (κ3) is 4.97. The monoisotopic (exact) mass is 349 g/mol. The molecule has 0 saturated heterocycles. The van der Waals surface area contributed by atoms with E-state index in [9.17, 15) is 9.59 Å². The number of nitrogen functional groups attached to an aromatic ring is 1. The molecule has 126 valence electrons. The number of halogens is 1. The van der Waals surface area contributed by atoms with E-state index in [1.165, 1.54) is 0 Å². The fraction of sp³-hybridized carbons (Fsp3) is 0.176. The van der Waals surface area contributed by atoms with E-state index in [2.05, 4.69) is 0 Å². The van der Waals surface area contributed by atoms with E-state index < -0.39 is 11.9 Å². The Hall–Kier alpha value is -2.57. The van der Waals surface area contributed by atoms with E-state index in [4.69, 9.17) is 31.9 Å². The van der Waals surface area contributed by atoms with Gasteiger partial charge in [-0.05, 0) is 23.3 Å². The van der Waals surface area contributed by atoms with Gasteiger partial charge in [-0.3, -0.25) is 0 Å². The van der Waals surface area contributed by atoms with Crippen LogP contribution in [0.15, 0.2) is 42.5 Å². The minimum atomic E-state index is -1.02. The lowest BCUT2D eigenvalue weighted by Crippen LogP contribution is -2.07. The second-order valence-corrected chi connectivity index (χ2v) is 5.37. The molecule has 0 radical (unpaired) electrons. The number of hydrogen-bond acceptors (Lipinski definition) is 5. The Bertz CT molecular complexity index is 730. The van der Waals surface area contributed by atoms with Gasteiger partial charge < -0.3 is 20.3 Å². The Balaban J connectivity index is 1.89. The molecule has 0 saturated carbocycles. The van der Waals surface area contributed by atoms with Gasteiger partial charge in [0.2, 0.25) is 0 Å². The SMILES string of the molecule is Nc1cccc(C(=O)OCc2ccc(COCC(=O)O)cc2)c1Cl. The number of carboxylic acids is 1. The summed E-state index contributed by atoms with van der Waals surface area (Å²) >= 11 is 5.98. The van der Waals surface area contributed by atoms with Gasteiger partial charge in [0, 0.05) is 0 Å². The molecule has 0 unspecified atom stereocenters. The minimum absolute atomic E-state index is 0.0836. The first-order chi connectivity index (χ1) is 11.5. The number of ether oxygens (including phenoxy) is 2. The molecule has 0 fully saturated rings. The first-order valence-corrected chi connectivity index (χ1v) is 7.43. The lowest BCUT2D eigenvalue weighted by atomic mass is 10.1. The average molecular weight is 350 g/mol. The van der Waals surface area contributed by atoms with Crippen molar-refractivity contribution >= 4 is 29.2 Å². The van der Waals surface area contributed by atoms with Crippen molar-refractivity contribution in [2.24, 2.45) is 0 Å². The second kappa shape index (κ2) is 8.33. The van der Waals surface area contributed by atoms with E-state index in [0.717, 1.165) is 11.1 Å². The summed E-state index contributed by atoms with van der Waals surface area (Å²) < 4.78 is 10.2. The topological polar surface area (TPSA) is 98.9 Å². The fourth-order valence-electron chi connectivity index (χ4n) is 1.92. The molecular formula is C17H16ClNO5. The van der Waals surface area contributed by atoms with E-state index in [1.807, 2.05) is 0 Å². The van der Waals surface area contributed by atoms with Crippen molar-refractivity contribution in [1.82, 2.24) is 0 Å². The molecular weight excluding hydrogens is 334 g/mol. The maximum absolute atomic E-state index is 12.0. The molecule has 2 rings (SSSR count). The first kappa shape index (κ1) is 17.8. The number of benzene rings is 2. The molecule has 0 heterocycles. The van der Waals surface area contributed by atoms with Crippen molar-refractivity contribution in [1.29, 1.82) is 0 Å². The molecule has 2 aromatic carbocycles. The standard InChI is InChI=1S/C17H16ClNO5/c18-16-13(2-1-3-14(16)19)17(22)24-9-12-6-4-11(5-7-12)8-23-10-15(20)21/h1-7H,8-10,19H2,(H,20,21). The molecule has 6 nitrogen and oxygen atoms in total. The van der Waals surface area contributed by atoms with Crippen LogP contribution < -0.4 is 5.73 Å². The van der Waals surface area contributed by atoms with Crippen LogP contribution in [0.25, 0.3) is 0 Å². The van der Waals surface area contributed by atoms with Crippen LogP contribution in [0.1, 0.15) is 21.5 Å². The largest absolute Gasteiger partial charge is 0.480 e. The van der Waals surface area contributed by atoms with E-state index in [0.29, 0.717) is 5.69 Å². The summed E-state index contributed by atoms with van der Waals surface area (Å²) in [6.45, 7) is -0.0637. The van der Waals surface area contributed by atoms with Crippen molar-refractivity contribution in [3.05, 3.63) is 64.2 Å². The number of rotatable bonds is 7. The predicted molar refractivity (Wildman–Crippen MR) is 88.7 cm³/mol. The molecule has 24 heavy (non-hydrogen) atoms. The van der Waals surface area contributed by atoms with Crippen LogP contribution in [-0.2, 0) is 27.5 Å². The normalized spacial score (nSPS) is 10.4. The number of carboxylic acid groups (broad SMARTS) is 1. The van der Waals surface area contributed by atoms with Crippen molar-refractivity contribution in [2.45, 2.75) is 13.2 Å². The Morgan fingerprint density at radius 3 is 2.29 bits per heavy atom. The highest BCUT2D eigenvalue weighted by Gasteiger charge is 2.13. The Morgan fingerprint density at radius 1 is 1.04 bits per heavy atom. The van der Waals surface area contributed by atoms with Crippen LogP contribution in [0.2, 0.25) is 5.02 Å². The van der Waals surface area contributed by atoms with Crippen LogP contribution in [0.5, 0.6) is 0 Å². The third-order valence-electron chi connectivity index (χ3n) is 3.14. The fourth-order valence-corrected chi connectivity index (χ4v) is 2.13. The van der Waals surface area contributed by atoms with Crippen LogP contribution in [0.4, 0.5) is 5.69 Å². The number of aliphatic carboxylic acids is 1. The zero-order valence-electron chi connectivity index (χ0n) is 12.7.